The minimum Gasteiger partial charge on any atom is -0.192 e. The molecule has 1 aromatic rings. The molecule has 3 aliphatic rings. The van der Waals surface area contributed by atoms with Crippen molar-refractivity contribution in [2.24, 2.45) is 5.11 Å². The van der Waals surface area contributed by atoms with Crippen molar-refractivity contribution in [3.8, 4) is 0 Å². The van der Waals surface area contributed by atoms with E-state index in [9.17, 15) is 0 Å². The Bertz CT molecular complexity index is 663. The van der Waals surface area contributed by atoms with Gasteiger partial charge in [0.1, 0.15) is 12.1 Å². The van der Waals surface area contributed by atoms with Crippen LogP contribution in [0, 0.1) is 0 Å². The van der Waals surface area contributed by atoms with E-state index in [2.05, 4.69) is 26.7 Å². The molecule has 0 saturated carbocycles. The van der Waals surface area contributed by atoms with Gasteiger partial charge in [0.25, 0.3) is 5.71 Å². The van der Waals surface area contributed by atoms with Gasteiger partial charge in [0, 0.05) is 17.2 Å². The van der Waals surface area contributed by atoms with Crippen molar-refractivity contribution in [2.45, 2.75) is 6.42 Å². The fraction of sp³-hybridized carbons (Fsp3) is 0.214. The van der Waals surface area contributed by atoms with Crippen LogP contribution < -0.4 is 0 Å². The van der Waals surface area contributed by atoms with E-state index in [0.717, 1.165) is 30.2 Å². The number of halogens is 1. The minimum absolute atomic E-state index is 0.760. The Morgan fingerprint density at radius 2 is 2.00 bits per heavy atom. The summed E-state index contributed by atoms with van der Waals surface area (Å²) < 4.78 is 4.39. The molecule has 0 fully saturated rings. The molecular formula is C14H12ClN3+2. The maximum Gasteiger partial charge on any atom is 0.312 e. The van der Waals surface area contributed by atoms with Crippen molar-refractivity contribution in [3.63, 3.8) is 0 Å². The first-order chi connectivity index (χ1) is 8.83. The van der Waals surface area contributed by atoms with Gasteiger partial charge < -0.3 is 0 Å². The highest BCUT2D eigenvalue weighted by Crippen LogP contribution is 2.32. The number of hydrogen-bond donors (Lipinski definition) is 0. The topological polar surface area (TPSA) is 18.4 Å². The van der Waals surface area contributed by atoms with Gasteiger partial charge in [-0.3, -0.25) is 0 Å². The summed E-state index contributed by atoms with van der Waals surface area (Å²) in [5.41, 5.74) is 5.18. The van der Waals surface area contributed by atoms with Gasteiger partial charge >= 0.3 is 5.70 Å². The number of hydrogen-bond acceptors (Lipinski definition) is 1. The zero-order valence-corrected chi connectivity index (χ0v) is 10.6. The number of fused-ring (bicyclic) bond motifs is 1. The average Bonchev–Trinajstić information content (AvgIpc) is 3.01. The minimum atomic E-state index is 0.760. The van der Waals surface area contributed by atoms with Crippen molar-refractivity contribution in [2.75, 3.05) is 13.1 Å². The van der Waals surface area contributed by atoms with Gasteiger partial charge in [-0.2, -0.15) is 4.58 Å². The number of allylic oxidation sites excluding steroid dienone is 2. The third-order valence-electron chi connectivity index (χ3n) is 3.60. The Kier molecular flexibility index (Phi) is 2.06. The summed E-state index contributed by atoms with van der Waals surface area (Å²) in [6, 6.07) is 7.87. The Labute approximate surface area is 110 Å². The summed E-state index contributed by atoms with van der Waals surface area (Å²) >= 11 is 5.93. The highest BCUT2D eigenvalue weighted by molar-refractivity contribution is 6.30. The zero-order valence-electron chi connectivity index (χ0n) is 9.81. The lowest BCUT2D eigenvalue weighted by Crippen LogP contribution is -2.13. The molecule has 0 atom stereocenters. The first kappa shape index (κ1) is 10.2. The summed E-state index contributed by atoms with van der Waals surface area (Å²) in [6.45, 7) is 1.81. The SMILES string of the molecule is Clc1ccc([N+]2=NCC3=C2C2=[N+](C=CC2)C3)cc1. The predicted octanol–water partition coefficient (Wildman–Crippen LogP) is 3.09. The lowest BCUT2D eigenvalue weighted by Gasteiger charge is -1.96. The van der Waals surface area contributed by atoms with E-state index in [1.807, 2.05) is 24.3 Å². The Balaban J connectivity index is 1.78. The highest BCUT2D eigenvalue weighted by Gasteiger charge is 2.45. The van der Waals surface area contributed by atoms with Gasteiger partial charge in [0.05, 0.1) is 6.42 Å². The van der Waals surface area contributed by atoms with E-state index in [1.54, 1.807) is 0 Å². The molecule has 4 heteroatoms. The van der Waals surface area contributed by atoms with Crippen LogP contribution in [0.25, 0.3) is 0 Å². The van der Waals surface area contributed by atoms with Crippen molar-refractivity contribution >= 4 is 23.0 Å². The van der Waals surface area contributed by atoms with E-state index < -0.39 is 0 Å². The molecule has 0 radical (unpaired) electrons. The van der Waals surface area contributed by atoms with E-state index in [1.165, 1.54) is 17.0 Å². The van der Waals surface area contributed by atoms with Crippen LogP contribution in [0.15, 0.2) is 52.9 Å². The van der Waals surface area contributed by atoms with Crippen LogP contribution in [0.2, 0.25) is 5.02 Å². The smallest absolute Gasteiger partial charge is 0.192 e. The second kappa shape index (κ2) is 3.62. The lowest BCUT2D eigenvalue weighted by atomic mass is 10.1. The van der Waals surface area contributed by atoms with Gasteiger partial charge in [-0.05, 0) is 28.0 Å². The Hall–Kier alpha value is -1.74. The number of azo groups is 2. The molecule has 3 nitrogen and oxygen atoms in total. The second-order valence-electron chi connectivity index (χ2n) is 4.70. The third kappa shape index (κ3) is 1.34. The van der Waals surface area contributed by atoms with Crippen LogP contribution in [-0.4, -0.2) is 28.1 Å². The molecule has 0 spiro atoms. The predicted molar refractivity (Wildman–Crippen MR) is 69.6 cm³/mol. The molecule has 18 heavy (non-hydrogen) atoms. The fourth-order valence-electron chi connectivity index (χ4n) is 2.78. The summed E-state index contributed by atoms with van der Waals surface area (Å²) in [6.07, 6.45) is 5.39. The van der Waals surface area contributed by atoms with Crippen LogP contribution in [0.1, 0.15) is 6.42 Å². The van der Waals surface area contributed by atoms with Gasteiger partial charge in [0.2, 0.25) is 5.69 Å². The molecule has 0 N–H and O–H groups in total. The van der Waals surface area contributed by atoms with Crippen LogP contribution in [0.4, 0.5) is 5.69 Å². The zero-order chi connectivity index (χ0) is 12.1. The molecule has 0 bridgehead atoms. The maximum atomic E-state index is 5.93. The molecule has 0 aliphatic carbocycles. The molecule has 3 aliphatic heterocycles. The number of benzene rings is 1. The van der Waals surface area contributed by atoms with Crippen molar-refractivity contribution < 1.29 is 9.27 Å². The number of nitrogens with zero attached hydrogens (tertiary/aromatic N) is 3. The van der Waals surface area contributed by atoms with Gasteiger partial charge in [-0.1, -0.05) is 11.6 Å². The van der Waals surface area contributed by atoms with E-state index in [4.69, 9.17) is 11.6 Å². The van der Waals surface area contributed by atoms with Crippen LogP contribution in [0.5, 0.6) is 0 Å². The highest BCUT2D eigenvalue weighted by atomic mass is 35.5. The first-order valence-corrected chi connectivity index (χ1v) is 6.45. The van der Waals surface area contributed by atoms with Gasteiger partial charge in [-0.15, -0.1) is 0 Å². The monoisotopic (exact) mass is 257 g/mol. The molecule has 4 rings (SSSR count). The maximum absolute atomic E-state index is 5.93. The summed E-state index contributed by atoms with van der Waals surface area (Å²) in [4.78, 5) is 0. The molecular weight excluding hydrogens is 246 g/mol. The Morgan fingerprint density at radius 3 is 2.83 bits per heavy atom. The van der Waals surface area contributed by atoms with E-state index in [0.29, 0.717) is 0 Å². The normalized spacial score (nSPS) is 20.6. The van der Waals surface area contributed by atoms with Crippen molar-refractivity contribution in [1.82, 2.24) is 0 Å². The molecule has 0 amide bonds. The quantitative estimate of drug-likeness (QED) is 0.689. The van der Waals surface area contributed by atoms with Gasteiger partial charge in [-0.25, -0.2) is 0 Å². The van der Waals surface area contributed by atoms with Crippen LogP contribution in [-0.2, 0) is 0 Å². The third-order valence-corrected chi connectivity index (χ3v) is 3.85. The fourth-order valence-corrected chi connectivity index (χ4v) is 2.91. The van der Waals surface area contributed by atoms with Gasteiger partial charge in [0.15, 0.2) is 12.7 Å². The summed E-state index contributed by atoms with van der Waals surface area (Å²) in [7, 11) is 0. The molecule has 3 heterocycles. The standard InChI is InChI=1S/C14H12ClN3/c15-11-3-5-12(6-4-11)18-14-10(8-16-18)9-17-7-1-2-13(14)17/h1,3-7H,2,8-9H2/q+2. The molecule has 0 unspecified atom stereocenters. The average molecular weight is 258 g/mol. The van der Waals surface area contributed by atoms with E-state index >= 15 is 0 Å². The lowest BCUT2D eigenvalue weighted by molar-refractivity contribution is -0.464. The van der Waals surface area contributed by atoms with Crippen molar-refractivity contribution in [3.05, 3.63) is 52.8 Å². The molecule has 0 saturated heterocycles. The first-order valence-electron chi connectivity index (χ1n) is 6.07. The number of rotatable bonds is 1. The van der Waals surface area contributed by atoms with Crippen LogP contribution >= 0.6 is 11.6 Å². The van der Waals surface area contributed by atoms with E-state index in [-0.39, 0.29) is 0 Å². The molecule has 0 aromatic heterocycles. The van der Waals surface area contributed by atoms with Crippen molar-refractivity contribution in [1.29, 1.82) is 0 Å². The Morgan fingerprint density at radius 1 is 1.17 bits per heavy atom. The largest absolute Gasteiger partial charge is 0.312 e. The van der Waals surface area contributed by atoms with Crippen LogP contribution in [0.3, 0.4) is 0 Å². The summed E-state index contributed by atoms with van der Waals surface area (Å²) in [5.74, 6) is 0. The summed E-state index contributed by atoms with van der Waals surface area (Å²) in [5, 5.41) is 5.38. The molecule has 88 valence electrons. The second-order valence-corrected chi connectivity index (χ2v) is 5.14. The molecule has 1 aromatic carbocycles.